The van der Waals surface area contributed by atoms with Crippen LogP contribution in [0.1, 0.15) is 18.4 Å². The number of rotatable bonds is 4. The maximum atomic E-state index is 11.9. The minimum absolute atomic E-state index is 0.506. The Morgan fingerprint density at radius 3 is 2.36 bits per heavy atom. The minimum Gasteiger partial charge on any atom is -0.343 e. The Balaban J connectivity index is 1.94. The van der Waals surface area contributed by atoms with Gasteiger partial charge in [0.2, 0.25) is 0 Å². The molecule has 1 heterocycles. The number of hydrogen-bond acceptors (Lipinski definition) is 2. The van der Waals surface area contributed by atoms with Gasteiger partial charge in [0.25, 0.3) is 9.70 Å². The maximum absolute atomic E-state index is 11.9. The fraction of sp³-hybridized carbons (Fsp3) is 0.438. The average molecular weight is 362 g/mol. The molecule has 22 heavy (non-hydrogen) atoms. The topological polar surface area (TPSA) is 32.3 Å². The molecular weight excluding hydrogens is 343 g/mol. The fourth-order valence-electron chi connectivity index (χ4n) is 2.63. The van der Waals surface area contributed by atoms with Crippen molar-refractivity contribution < 1.29 is 4.79 Å². The summed E-state index contributed by atoms with van der Waals surface area (Å²) in [4.78, 5) is 14.2. The van der Waals surface area contributed by atoms with E-state index in [-0.39, 0.29) is 0 Å². The standard InChI is InChI=1S/C16H19Cl3N2O/c1-2-15(20-14(22)16(17,18)19)8-10-21(11-9-15)12-13-6-4-3-5-7-13/h2-7H,1,8-12H2,(H,20,22). The van der Waals surface area contributed by atoms with E-state index in [4.69, 9.17) is 34.8 Å². The summed E-state index contributed by atoms with van der Waals surface area (Å²) >= 11 is 16.9. The molecule has 1 N–H and O–H groups in total. The number of alkyl halides is 3. The quantitative estimate of drug-likeness (QED) is 0.655. The van der Waals surface area contributed by atoms with Crippen molar-refractivity contribution in [2.45, 2.75) is 28.7 Å². The Kier molecular flexibility index (Phi) is 5.78. The zero-order valence-electron chi connectivity index (χ0n) is 12.2. The first-order chi connectivity index (χ1) is 10.3. The van der Waals surface area contributed by atoms with Crippen molar-refractivity contribution in [3.8, 4) is 0 Å². The van der Waals surface area contributed by atoms with E-state index >= 15 is 0 Å². The van der Waals surface area contributed by atoms with Gasteiger partial charge >= 0.3 is 0 Å². The molecular formula is C16H19Cl3N2O. The Morgan fingerprint density at radius 1 is 1.27 bits per heavy atom. The molecule has 0 unspecified atom stereocenters. The van der Waals surface area contributed by atoms with Crippen LogP contribution in [0.25, 0.3) is 0 Å². The number of carbonyl (C=O) groups excluding carboxylic acids is 1. The van der Waals surface area contributed by atoms with Crippen molar-refractivity contribution in [3.05, 3.63) is 48.6 Å². The lowest BCUT2D eigenvalue weighted by atomic mass is 9.87. The Morgan fingerprint density at radius 2 is 1.86 bits per heavy atom. The van der Waals surface area contributed by atoms with Crippen molar-refractivity contribution in [1.82, 2.24) is 10.2 Å². The van der Waals surface area contributed by atoms with Gasteiger partial charge in [-0.05, 0) is 18.4 Å². The van der Waals surface area contributed by atoms with Crippen LogP contribution < -0.4 is 5.32 Å². The highest BCUT2D eigenvalue weighted by Gasteiger charge is 2.39. The lowest BCUT2D eigenvalue weighted by Gasteiger charge is -2.41. The normalized spacial score (nSPS) is 18.7. The zero-order chi connectivity index (χ0) is 16.2. The van der Waals surface area contributed by atoms with Crippen molar-refractivity contribution in [2.24, 2.45) is 0 Å². The molecule has 0 saturated carbocycles. The van der Waals surface area contributed by atoms with E-state index in [9.17, 15) is 4.79 Å². The van der Waals surface area contributed by atoms with E-state index in [0.29, 0.717) is 0 Å². The van der Waals surface area contributed by atoms with Crippen molar-refractivity contribution in [3.63, 3.8) is 0 Å². The zero-order valence-corrected chi connectivity index (χ0v) is 14.5. The third-order valence-electron chi connectivity index (χ3n) is 4.01. The van der Waals surface area contributed by atoms with Crippen LogP contribution in [0.5, 0.6) is 0 Å². The van der Waals surface area contributed by atoms with Crippen molar-refractivity contribution >= 4 is 40.7 Å². The predicted octanol–water partition coefficient (Wildman–Crippen LogP) is 3.69. The first-order valence-electron chi connectivity index (χ1n) is 7.14. The van der Waals surface area contributed by atoms with Crippen LogP contribution >= 0.6 is 34.8 Å². The number of hydrogen-bond donors (Lipinski definition) is 1. The average Bonchev–Trinajstić information content (AvgIpc) is 2.49. The van der Waals surface area contributed by atoms with E-state index in [1.807, 2.05) is 18.2 Å². The number of amides is 1. The summed E-state index contributed by atoms with van der Waals surface area (Å²) in [5.74, 6) is -0.603. The van der Waals surface area contributed by atoms with Crippen LogP contribution in [0.2, 0.25) is 0 Å². The number of halogens is 3. The van der Waals surface area contributed by atoms with Gasteiger partial charge in [0.15, 0.2) is 0 Å². The highest BCUT2D eigenvalue weighted by atomic mass is 35.6. The van der Waals surface area contributed by atoms with Gasteiger partial charge < -0.3 is 5.32 Å². The van der Waals surface area contributed by atoms with Crippen LogP contribution in [-0.2, 0) is 11.3 Å². The molecule has 0 aromatic heterocycles. The van der Waals surface area contributed by atoms with Gasteiger partial charge in [-0.1, -0.05) is 71.2 Å². The summed E-state index contributed by atoms with van der Waals surface area (Å²) < 4.78 is -1.95. The molecule has 1 aliphatic heterocycles. The van der Waals surface area contributed by atoms with Gasteiger partial charge in [-0.15, -0.1) is 6.58 Å². The molecule has 0 aliphatic carbocycles. The molecule has 0 radical (unpaired) electrons. The van der Waals surface area contributed by atoms with Gasteiger partial charge in [0, 0.05) is 19.6 Å². The number of carbonyl (C=O) groups is 1. The number of likely N-dealkylation sites (tertiary alicyclic amines) is 1. The summed E-state index contributed by atoms with van der Waals surface area (Å²) in [5.41, 5.74) is 0.771. The van der Waals surface area contributed by atoms with E-state index in [1.165, 1.54) is 5.56 Å². The molecule has 2 rings (SSSR count). The molecule has 0 spiro atoms. The molecule has 1 fully saturated rings. The lowest BCUT2D eigenvalue weighted by molar-refractivity contribution is -0.122. The Labute approximate surface area is 146 Å². The third-order valence-corrected chi connectivity index (χ3v) is 4.52. The lowest BCUT2D eigenvalue weighted by Crippen LogP contribution is -2.56. The summed E-state index contributed by atoms with van der Waals surface area (Å²) in [7, 11) is 0. The largest absolute Gasteiger partial charge is 0.343 e. The van der Waals surface area contributed by atoms with Crippen LogP contribution in [0.4, 0.5) is 0 Å². The van der Waals surface area contributed by atoms with Gasteiger partial charge in [0.05, 0.1) is 5.54 Å². The van der Waals surface area contributed by atoms with Crippen molar-refractivity contribution in [2.75, 3.05) is 13.1 Å². The van der Waals surface area contributed by atoms with E-state index in [0.717, 1.165) is 32.5 Å². The number of nitrogens with one attached hydrogen (secondary N) is 1. The second-order valence-electron chi connectivity index (χ2n) is 5.57. The third kappa shape index (κ3) is 4.63. The fourth-order valence-corrected chi connectivity index (χ4v) is 2.77. The van der Waals surface area contributed by atoms with Gasteiger partial charge in [-0.2, -0.15) is 0 Å². The first-order valence-corrected chi connectivity index (χ1v) is 8.27. The Hall–Kier alpha value is -0.740. The van der Waals surface area contributed by atoms with Crippen LogP contribution in [0.15, 0.2) is 43.0 Å². The Bertz CT molecular complexity index is 520. The molecule has 3 nitrogen and oxygen atoms in total. The number of benzene rings is 1. The molecule has 0 atom stereocenters. The molecule has 6 heteroatoms. The van der Waals surface area contributed by atoms with E-state index in [2.05, 4.69) is 28.9 Å². The van der Waals surface area contributed by atoms with Gasteiger partial charge in [-0.25, -0.2) is 0 Å². The monoisotopic (exact) mass is 360 g/mol. The van der Waals surface area contributed by atoms with Crippen LogP contribution in [0, 0.1) is 0 Å². The summed E-state index contributed by atoms with van der Waals surface area (Å²) in [6.45, 7) is 6.43. The van der Waals surface area contributed by atoms with Gasteiger partial charge in [0.1, 0.15) is 0 Å². The maximum Gasteiger partial charge on any atom is 0.272 e. The smallest absolute Gasteiger partial charge is 0.272 e. The molecule has 1 amide bonds. The van der Waals surface area contributed by atoms with Crippen molar-refractivity contribution in [1.29, 1.82) is 0 Å². The van der Waals surface area contributed by atoms with E-state index < -0.39 is 15.2 Å². The van der Waals surface area contributed by atoms with Crippen LogP contribution in [-0.4, -0.2) is 33.2 Å². The second-order valence-corrected chi connectivity index (χ2v) is 7.86. The van der Waals surface area contributed by atoms with E-state index in [1.54, 1.807) is 6.08 Å². The molecule has 1 saturated heterocycles. The molecule has 1 aromatic rings. The molecule has 120 valence electrons. The second kappa shape index (κ2) is 7.22. The first kappa shape index (κ1) is 17.6. The predicted molar refractivity (Wildman–Crippen MR) is 92.3 cm³/mol. The molecule has 1 aliphatic rings. The van der Waals surface area contributed by atoms with Crippen LogP contribution in [0.3, 0.4) is 0 Å². The highest BCUT2D eigenvalue weighted by Crippen LogP contribution is 2.30. The summed E-state index contributed by atoms with van der Waals surface area (Å²) in [6, 6.07) is 10.3. The van der Waals surface area contributed by atoms with Gasteiger partial charge in [-0.3, -0.25) is 9.69 Å². The summed E-state index contributed by atoms with van der Waals surface area (Å²) in [5, 5.41) is 2.83. The highest BCUT2D eigenvalue weighted by molar-refractivity contribution is 6.76. The molecule has 0 bridgehead atoms. The molecule has 1 aromatic carbocycles. The summed E-state index contributed by atoms with van der Waals surface area (Å²) in [6.07, 6.45) is 3.24. The minimum atomic E-state index is -1.95. The number of nitrogens with zero attached hydrogens (tertiary/aromatic N) is 1. The SMILES string of the molecule is C=CC1(NC(=O)C(Cl)(Cl)Cl)CCN(Cc2ccccc2)CC1. The number of piperidine rings is 1.